The Morgan fingerprint density at radius 3 is 2.25 bits per heavy atom. The van der Waals surface area contributed by atoms with Gasteiger partial charge >= 0.3 is 0 Å². The molecule has 0 aliphatic rings. The molecular weight excluding hydrogens is 216 g/mol. The first-order valence-corrected chi connectivity index (χ1v) is 6.72. The van der Waals surface area contributed by atoms with E-state index in [0.717, 1.165) is 13.1 Å². The molecule has 0 aliphatic carbocycles. The maximum atomic E-state index is 4.66. The number of nitrogens with one attached hydrogen (secondary N) is 1. The molecule has 0 unspecified atom stereocenters. The Bertz CT molecular complexity index is 328. The Morgan fingerprint density at radius 1 is 1.19 bits per heavy atom. The van der Waals surface area contributed by atoms with Crippen LogP contribution >= 0.6 is 11.3 Å². The standard InChI is InChI=1S/C13H24N2S/c1-12(2,3)9-14-7-10-8-16-11(15-10)13(4,5)6/h8,14H,7,9H2,1-6H3. The number of aromatic nitrogens is 1. The zero-order valence-corrected chi connectivity index (χ0v) is 12.2. The van der Waals surface area contributed by atoms with Gasteiger partial charge in [0.15, 0.2) is 0 Å². The molecule has 1 aromatic rings. The van der Waals surface area contributed by atoms with Crippen LogP contribution in [0.15, 0.2) is 5.38 Å². The van der Waals surface area contributed by atoms with E-state index in [1.54, 1.807) is 11.3 Å². The smallest absolute Gasteiger partial charge is 0.0982 e. The Morgan fingerprint density at radius 2 is 1.81 bits per heavy atom. The van der Waals surface area contributed by atoms with Crippen LogP contribution in [-0.4, -0.2) is 11.5 Å². The second-order valence-electron chi connectivity index (χ2n) is 6.56. The van der Waals surface area contributed by atoms with Crippen molar-refractivity contribution >= 4 is 11.3 Å². The van der Waals surface area contributed by atoms with Crippen LogP contribution in [0, 0.1) is 5.41 Å². The van der Waals surface area contributed by atoms with Crippen LogP contribution in [-0.2, 0) is 12.0 Å². The quantitative estimate of drug-likeness (QED) is 0.873. The van der Waals surface area contributed by atoms with Gasteiger partial charge in [-0.1, -0.05) is 41.5 Å². The molecule has 1 aromatic heterocycles. The van der Waals surface area contributed by atoms with Crippen LogP contribution in [0.25, 0.3) is 0 Å². The van der Waals surface area contributed by atoms with E-state index < -0.39 is 0 Å². The summed E-state index contributed by atoms with van der Waals surface area (Å²) in [5.74, 6) is 0. The van der Waals surface area contributed by atoms with E-state index in [4.69, 9.17) is 0 Å². The number of hydrogen-bond donors (Lipinski definition) is 1. The minimum atomic E-state index is 0.174. The predicted octanol–water partition coefficient (Wildman–Crippen LogP) is 3.58. The van der Waals surface area contributed by atoms with E-state index in [0.29, 0.717) is 5.41 Å². The Kier molecular flexibility index (Phi) is 4.13. The summed E-state index contributed by atoms with van der Waals surface area (Å²) in [6.45, 7) is 15.2. The average molecular weight is 240 g/mol. The number of rotatable bonds is 3. The number of thiazole rings is 1. The van der Waals surface area contributed by atoms with Gasteiger partial charge in [-0.2, -0.15) is 0 Å². The summed E-state index contributed by atoms with van der Waals surface area (Å²) < 4.78 is 0. The summed E-state index contributed by atoms with van der Waals surface area (Å²) in [5, 5.41) is 6.84. The van der Waals surface area contributed by atoms with Gasteiger partial charge in [0.1, 0.15) is 0 Å². The maximum Gasteiger partial charge on any atom is 0.0982 e. The van der Waals surface area contributed by atoms with E-state index in [1.165, 1.54) is 10.7 Å². The van der Waals surface area contributed by atoms with E-state index in [1.807, 2.05) is 0 Å². The first-order chi connectivity index (χ1) is 7.18. The second kappa shape index (κ2) is 4.84. The van der Waals surface area contributed by atoms with Crippen molar-refractivity contribution < 1.29 is 0 Å². The van der Waals surface area contributed by atoms with Gasteiger partial charge in [-0.3, -0.25) is 0 Å². The molecule has 92 valence electrons. The lowest BCUT2D eigenvalue weighted by Crippen LogP contribution is -2.26. The summed E-state index contributed by atoms with van der Waals surface area (Å²) in [4.78, 5) is 4.66. The number of nitrogens with zero attached hydrogens (tertiary/aromatic N) is 1. The van der Waals surface area contributed by atoms with Crippen molar-refractivity contribution in [3.05, 3.63) is 16.1 Å². The van der Waals surface area contributed by atoms with Gasteiger partial charge in [0.25, 0.3) is 0 Å². The van der Waals surface area contributed by atoms with Crippen molar-refractivity contribution in [3.63, 3.8) is 0 Å². The molecule has 1 N–H and O–H groups in total. The van der Waals surface area contributed by atoms with Gasteiger partial charge in [-0.15, -0.1) is 11.3 Å². The van der Waals surface area contributed by atoms with E-state index in [9.17, 15) is 0 Å². The largest absolute Gasteiger partial charge is 0.311 e. The number of hydrogen-bond acceptors (Lipinski definition) is 3. The Labute approximate surface area is 103 Å². The molecule has 1 heterocycles. The molecule has 0 spiro atoms. The van der Waals surface area contributed by atoms with E-state index in [-0.39, 0.29) is 5.41 Å². The van der Waals surface area contributed by atoms with Crippen LogP contribution in [0.3, 0.4) is 0 Å². The first-order valence-electron chi connectivity index (χ1n) is 5.84. The van der Waals surface area contributed by atoms with Crippen molar-refractivity contribution in [1.29, 1.82) is 0 Å². The molecule has 0 aromatic carbocycles. The second-order valence-corrected chi connectivity index (χ2v) is 7.42. The van der Waals surface area contributed by atoms with Crippen LogP contribution in [0.1, 0.15) is 52.2 Å². The fourth-order valence-electron chi connectivity index (χ4n) is 1.30. The van der Waals surface area contributed by atoms with Crippen LogP contribution in [0.5, 0.6) is 0 Å². The third kappa shape index (κ3) is 4.62. The van der Waals surface area contributed by atoms with Crippen LogP contribution < -0.4 is 5.32 Å². The zero-order valence-electron chi connectivity index (χ0n) is 11.3. The first kappa shape index (κ1) is 13.7. The maximum absolute atomic E-state index is 4.66. The molecule has 0 saturated carbocycles. The molecule has 0 atom stereocenters. The predicted molar refractivity (Wildman–Crippen MR) is 72.0 cm³/mol. The van der Waals surface area contributed by atoms with Crippen molar-refractivity contribution in [2.75, 3.05) is 6.54 Å². The molecule has 0 bridgehead atoms. The average Bonchev–Trinajstić information content (AvgIpc) is 2.49. The fourth-order valence-corrected chi connectivity index (χ4v) is 2.21. The van der Waals surface area contributed by atoms with Gasteiger partial charge in [0.05, 0.1) is 10.7 Å². The Balaban J connectivity index is 2.48. The molecule has 3 heteroatoms. The monoisotopic (exact) mass is 240 g/mol. The van der Waals surface area contributed by atoms with Crippen LogP contribution in [0.2, 0.25) is 0 Å². The van der Waals surface area contributed by atoms with Gasteiger partial charge in [0.2, 0.25) is 0 Å². The topological polar surface area (TPSA) is 24.9 Å². The SMILES string of the molecule is CC(C)(C)CNCc1csc(C(C)(C)C)n1. The van der Waals surface area contributed by atoms with Gasteiger partial charge < -0.3 is 5.32 Å². The van der Waals surface area contributed by atoms with E-state index in [2.05, 4.69) is 57.2 Å². The van der Waals surface area contributed by atoms with Crippen molar-refractivity contribution in [2.45, 2.75) is 53.5 Å². The highest BCUT2D eigenvalue weighted by Gasteiger charge is 2.18. The lowest BCUT2D eigenvalue weighted by atomic mass is 9.97. The highest BCUT2D eigenvalue weighted by Crippen LogP contribution is 2.25. The lowest BCUT2D eigenvalue weighted by molar-refractivity contribution is 0.378. The van der Waals surface area contributed by atoms with Crippen molar-refractivity contribution in [1.82, 2.24) is 10.3 Å². The molecule has 2 nitrogen and oxygen atoms in total. The fraction of sp³-hybridized carbons (Fsp3) is 0.769. The highest BCUT2D eigenvalue weighted by atomic mass is 32.1. The molecule has 1 rings (SSSR count). The van der Waals surface area contributed by atoms with Gasteiger partial charge in [-0.05, 0) is 5.41 Å². The summed E-state index contributed by atoms with van der Waals surface area (Å²) in [7, 11) is 0. The van der Waals surface area contributed by atoms with Crippen LogP contribution in [0.4, 0.5) is 0 Å². The van der Waals surface area contributed by atoms with Gasteiger partial charge in [0, 0.05) is 23.9 Å². The minimum absolute atomic E-state index is 0.174. The third-order valence-electron chi connectivity index (χ3n) is 2.15. The molecule has 0 amide bonds. The summed E-state index contributed by atoms with van der Waals surface area (Å²) in [6.07, 6.45) is 0. The highest BCUT2D eigenvalue weighted by molar-refractivity contribution is 7.09. The minimum Gasteiger partial charge on any atom is -0.311 e. The molecule has 0 radical (unpaired) electrons. The Hall–Kier alpha value is -0.410. The van der Waals surface area contributed by atoms with Crippen molar-refractivity contribution in [3.8, 4) is 0 Å². The molecule has 16 heavy (non-hydrogen) atoms. The summed E-state index contributed by atoms with van der Waals surface area (Å²) >= 11 is 1.76. The summed E-state index contributed by atoms with van der Waals surface area (Å²) in [6, 6.07) is 0. The third-order valence-corrected chi connectivity index (χ3v) is 3.47. The summed E-state index contributed by atoms with van der Waals surface area (Å²) in [5.41, 5.74) is 1.68. The normalized spacial score (nSPS) is 13.1. The zero-order chi connectivity index (χ0) is 12.4. The molecule has 0 saturated heterocycles. The molecular formula is C13H24N2S. The van der Waals surface area contributed by atoms with Crippen molar-refractivity contribution in [2.24, 2.45) is 5.41 Å². The molecule has 0 aliphatic heterocycles. The van der Waals surface area contributed by atoms with Gasteiger partial charge in [-0.25, -0.2) is 4.98 Å². The molecule has 0 fully saturated rings. The van der Waals surface area contributed by atoms with E-state index >= 15 is 0 Å². The lowest BCUT2D eigenvalue weighted by Gasteiger charge is -2.18.